The Morgan fingerprint density at radius 2 is 1.94 bits per heavy atom. The fourth-order valence-electron chi connectivity index (χ4n) is 4.20. The molecule has 4 heterocycles. The van der Waals surface area contributed by atoms with Gasteiger partial charge in [-0.1, -0.05) is 29.5 Å². The normalized spacial score (nSPS) is 17.0. The Labute approximate surface area is 195 Å². The average molecular weight is 471 g/mol. The lowest BCUT2D eigenvalue weighted by Gasteiger charge is -2.26. The second-order valence-corrected chi connectivity index (χ2v) is 10.4. The monoisotopic (exact) mass is 470 g/mol. The highest BCUT2D eigenvalue weighted by Crippen LogP contribution is 2.34. The lowest BCUT2D eigenvalue weighted by Crippen LogP contribution is -2.41. The smallest absolute Gasteiger partial charge is 0.267 e. The number of morpholine rings is 1. The fourth-order valence-corrected chi connectivity index (χ4v) is 6.46. The number of ether oxygens (including phenoxy) is 1. The van der Waals surface area contributed by atoms with Crippen molar-refractivity contribution in [1.29, 1.82) is 0 Å². The predicted molar refractivity (Wildman–Crippen MR) is 128 cm³/mol. The fraction of sp³-hybridized carbons (Fsp3) is 0.435. The largest absolute Gasteiger partial charge is 0.378 e. The van der Waals surface area contributed by atoms with Crippen LogP contribution < -0.4 is 5.56 Å². The topological polar surface area (TPSA) is 67.7 Å². The van der Waals surface area contributed by atoms with Crippen molar-refractivity contribution >= 4 is 39.2 Å². The van der Waals surface area contributed by atoms with Crippen LogP contribution in [-0.2, 0) is 22.5 Å². The Morgan fingerprint density at radius 1 is 1.19 bits per heavy atom. The van der Waals surface area contributed by atoms with Crippen LogP contribution in [0.2, 0.25) is 0 Å². The van der Waals surface area contributed by atoms with Gasteiger partial charge in [0.1, 0.15) is 4.83 Å². The van der Waals surface area contributed by atoms with Gasteiger partial charge in [-0.25, -0.2) is 4.98 Å². The first kappa shape index (κ1) is 21.6. The summed E-state index contributed by atoms with van der Waals surface area (Å²) in [5.41, 5.74) is 3.01. The molecule has 0 saturated carbocycles. The summed E-state index contributed by atoms with van der Waals surface area (Å²) in [6, 6.07) is 7.89. The van der Waals surface area contributed by atoms with Gasteiger partial charge in [-0.2, -0.15) is 0 Å². The van der Waals surface area contributed by atoms with E-state index in [0.29, 0.717) is 31.5 Å². The number of thioether (sulfide) groups is 1. The van der Waals surface area contributed by atoms with Crippen molar-refractivity contribution in [2.45, 2.75) is 25.0 Å². The highest BCUT2D eigenvalue weighted by atomic mass is 32.2. The van der Waals surface area contributed by atoms with Crippen molar-refractivity contribution in [3.63, 3.8) is 0 Å². The van der Waals surface area contributed by atoms with Crippen molar-refractivity contribution in [1.82, 2.24) is 19.4 Å². The highest BCUT2D eigenvalue weighted by Gasteiger charge is 2.25. The molecule has 9 heteroatoms. The number of likely N-dealkylation sites (N-methyl/N-ethyl adjacent to an activating group) is 1. The molecule has 2 aromatic heterocycles. The standard InChI is InChI=1S/C23H26N4O3S2/c1-15-3-5-16(6-4-15)27-22(29)20-17-7-8-25(2)13-18(17)32-21(20)24-23(27)31-14-19(28)26-9-11-30-12-10-26/h3-6H,7-14H2,1-2H3. The molecule has 0 unspecified atom stereocenters. The Kier molecular flexibility index (Phi) is 6.07. The summed E-state index contributed by atoms with van der Waals surface area (Å²) in [6.45, 7) is 6.18. The minimum absolute atomic E-state index is 0.0396. The molecule has 0 atom stereocenters. The van der Waals surface area contributed by atoms with Gasteiger partial charge < -0.3 is 14.5 Å². The highest BCUT2D eigenvalue weighted by molar-refractivity contribution is 7.99. The summed E-state index contributed by atoms with van der Waals surface area (Å²) in [5, 5.41) is 1.31. The summed E-state index contributed by atoms with van der Waals surface area (Å²) in [4.78, 5) is 37.5. The average Bonchev–Trinajstić information content (AvgIpc) is 3.16. The predicted octanol–water partition coefficient (Wildman–Crippen LogP) is 2.69. The van der Waals surface area contributed by atoms with E-state index in [0.717, 1.165) is 46.5 Å². The number of hydrogen-bond acceptors (Lipinski definition) is 7. The third-order valence-electron chi connectivity index (χ3n) is 6.02. The van der Waals surface area contributed by atoms with Crippen molar-refractivity contribution in [2.75, 3.05) is 45.6 Å². The van der Waals surface area contributed by atoms with Crippen LogP contribution >= 0.6 is 23.1 Å². The first-order chi connectivity index (χ1) is 15.5. The van der Waals surface area contributed by atoms with E-state index in [-0.39, 0.29) is 17.2 Å². The number of aromatic nitrogens is 2. The second-order valence-electron chi connectivity index (χ2n) is 8.32. The van der Waals surface area contributed by atoms with Gasteiger partial charge in [-0.3, -0.25) is 14.2 Å². The molecular weight excluding hydrogens is 444 g/mol. The van der Waals surface area contributed by atoms with E-state index in [4.69, 9.17) is 9.72 Å². The zero-order chi connectivity index (χ0) is 22.2. The van der Waals surface area contributed by atoms with Gasteiger partial charge in [0.15, 0.2) is 5.16 Å². The molecule has 168 valence electrons. The van der Waals surface area contributed by atoms with E-state index >= 15 is 0 Å². The first-order valence-corrected chi connectivity index (χ1v) is 12.6. The van der Waals surface area contributed by atoms with Crippen LogP contribution in [0, 0.1) is 6.92 Å². The number of aryl methyl sites for hydroxylation is 1. The zero-order valence-electron chi connectivity index (χ0n) is 18.3. The molecular formula is C23H26N4O3S2. The number of hydrogen-bond donors (Lipinski definition) is 0. The molecule has 5 rings (SSSR count). The van der Waals surface area contributed by atoms with Gasteiger partial charge in [0.2, 0.25) is 5.91 Å². The molecule has 1 amide bonds. The number of nitrogens with zero attached hydrogens (tertiary/aromatic N) is 4. The maximum absolute atomic E-state index is 13.8. The van der Waals surface area contributed by atoms with E-state index in [2.05, 4.69) is 11.9 Å². The number of carbonyl (C=O) groups excluding carboxylic acids is 1. The van der Waals surface area contributed by atoms with Crippen LogP contribution in [0.5, 0.6) is 0 Å². The molecule has 3 aromatic rings. The van der Waals surface area contributed by atoms with Crippen molar-refractivity contribution < 1.29 is 9.53 Å². The molecule has 0 N–H and O–H groups in total. The van der Waals surface area contributed by atoms with Crippen LogP contribution in [0.15, 0.2) is 34.2 Å². The van der Waals surface area contributed by atoms with Crippen LogP contribution in [0.1, 0.15) is 16.0 Å². The molecule has 1 aromatic carbocycles. The van der Waals surface area contributed by atoms with Crippen LogP contribution in [-0.4, -0.2) is 70.9 Å². The number of thiophene rings is 1. The van der Waals surface area contributed by atoms with Crippen molar-refractivity contribution in [3.05, 3.63) is 50.6 Å². The van der Waals surface area contributed by atoms with Crippen molar-refractivity contribution in [2.24, 2.45) is 0 Å². The summed E-state index contributed by atoms with van der Waals surface area (Å²) in [6.07, 6.45) is 0.860. The zero-order valence-corrected chi connectivity index (χ0v) is 19.9. The summed E-state index contributed by atoms with van der Waals surface area (Å²) < 4.78 is 7.03. The van der Waals surface area contributed by atoms with Crippen molar-refractivity contribution in [3.8, 4) is 5.69 Å². The van der Waals surface area contributed by atoms with Gasteiger partial charge >= 0.3 is 0 Å². The number of benzene rings is 1. The van der Waals surface area contributed by atoms with E-state index in [1.54, 1.807) is 15.9 Å². The first-order valence-electron chi connectivity index (χ1n) is 10.8. The van der Waals surface area contributed by atoms with Gasteiger partial charge in [-0.15, -0.1) is 11.3 Å². The Hall–Kier alpha value is -2.20. The molecule has 0 radical (unpaired) electrons. The van der Waals surface area contributed by atoms with E-state index < -0.39 is 0 Å². The van der Waals surface area contributed by atoms with Gasteiger partial charge in [0.25, 0.3) is 5.56 Å². The number of carbonyl (C=O) groups is 1. The Balaban J connectivity index is 1.57. The minimum Gasteiger partial charge on any atom is -0.378 e. The van der Waals surface area contributed by atoms with Crippen LogP contribution in [0.25, 0.3) is 15.9 Å². The number of rotatable bonds is 4. The lowest BCUT2D eigenvalue weighted by atomic mass is 10.1. The van der Waals surface area contributed by atoms with E-state index in [1.165, 1.54) is 16.6 Å². The molecule has 0 bridgehead atoms. The number of fused-ring (bicyclic) bond motifs is 3. The molecule has 0 spiro atoms. The third-order valence-corrected chi connectivity index (χ3v) is 8.05. The van der Waals surface area contributed by atoms with Gasteiger partial charge in [-0.05, 0) is 38.1 Å². The molecule has 2 aliphatic heterocycles. The Morgan fingerprint density at radius 3 is 2.69 bits per heavy atom. The maximum Gasteiger partial charge on any atom is 0.267 e. The molecule has 32 heavy (non-hydrogen) atoms. The minimum atomic E-state index is -0.0396. The quantitative estimate of drug-likeness (QED) is 0.432. The Bertz CT molecular complexity index is 1210. The van der Waals surface area contributed by atoms with Crippen LogP contribution in [0.3, 0.4) is 0 Å². The lowest BCUT2D eigenvalue weighted by molar-refractivity contribution is -0.132. The van der Waals surface area contributed by atoms with E-state index in [1.807, 2.05) is 36.1 Å². The van der Waals surface area contributed by atoms with E-state index in [9.17, 15) is 9.59 Å². The van der Waals surface area contributed by atoms with Crippen LogP contribution in [0.4, 0.5) is 0 Å². The molecule has 1 saturated heterocycles. The molecule has 2 aliphatic rings. The van der Waals surface area contributed by atoms with Gasteiger partial charge in [0, 0.05) is 31.1 Å². The molecule has 0 aliphatic carbocycles. The third kappa shape index (κ3) is 4.10. The molecule has 7 nitrogen and oxygen atoms in total. The maximum atomic E-state index is 13.8. The SMILES string of the molecule is Cc1ccc(-n2c(SCC(=O)N3CCOCC3)nc3sc4c(c3c2=O)CCN(C)C4)cc1. The van der Waals surface area contributed by atoms with Gasteiger partial charge in [0.05, 0.1) is 30.0 Å². The second kappa shape index (κ2) is 8.97. The summed E-state index contributed by atoms with van der Waals surface area (Å²) >= 11 is 2.95. The summed E-state index contributed by atoms with van der Waals surface area (Å²) in [7, 11) is 2.10. The summed E-state index contributed by atoms with van der Waals surface area (Å²) in [5.74, 6) is 0.299. The molecule has 1 fully saturated rings. The number of amides is 1.